The maximum Gasteiger partial charge on any atom is 0.124 e. The average Bonchev–Trinajstić information content (AvgIpc) is 2.49. The Morgan fingerprint density at radius 1 is 1.24 bits per heavy atom. The van der Waals surface area contributed by atoms with Gasteiger partial charge in [0.1, 0.15) is 11.6 Å². The first kappa shape index (κ1) is 15.8. The summed E-state index contributed by atoms with van der Waals surface area (Å²) in [7, 11) is 1.65. The third kappa shape index (κ3) is 4.19. The number of halogens is 2. The molecule has 112 valence electrons. The zero-order valence-corrected chi connectivity index (χ0v) is 13.0. The number of methoxy groups -OCH3 is 1. The highest BCUT2D eigenvalue weighted by Gasteiger charge is 2.14. The van der Waals surface area contributed by atoms with Gasteiger partial charge in [0.25, 0.3) is 0 Å². The molecule has 1 unspecified atom stereocenters. The lowest BCUT2D eigenvalue weighted by Crippen LogP contribution is -2.23. The summed E-state index contributed by atoms with van der Waals surface area (Å²) in [4.78, 5) is 0. The van der Waals surface area contributed by atoms with Crippen LogP contribution < -0.4 is 10.1 Å². The first-order valence-corrected chi connectivity index (χ1v) is 7.33. The monoisotopic (exact) mass is 307 g/mol. The predicted molar refractivity (Wildman–Crippen MR) is 84.5 cm³/mol. The van der Waals surface area contributed by atoms with E-state index in [2.05, 4.69) is 12.2 Å². The van der Waals surface area contributed by atoms with Gasteiger partial charge in [-0.05, 0) is 48.4 Å². The summed E-state index contributed by atoms with van der Waals surface area (Å²) in [5.74, 6) is 0.505. The molecule has 0 radical (unpaired) electrons. The van der Waals surface area contributed by atoms with Crippen molar-refractivity contribution in [3.63, 3.8) is 0 Å². The minimum Gasteiger partial charge on any atom is -0.497 e. The van der Waals surface area contributed by atoms with Gasteiger partial charge in [-0.2, -0.15) is 0 Å². The normalized spacial score (nSPS) is 12.2. The van der Waals surface area contributed by atoms with Crippen LogP contribution in [0.15, 0.2) is 42.5 Å². The van der Waals surface area contributed by atoms with E-state index in [0.717, 1.165) is 23.4 Å². The summed E-state index contributed by atoms with van der Waals surface area (Å²) in [5.41, 5.74) is 2.04. The molecule has 2 rings (SSSR count). The number of ether oxygens (including phenoxy) is 1. The van der Waals surface area contributed by atoms with Crippen molar-refractivity contribution in [3.8, 4) is 5.75 Å². The molecular formula is C17H19ClFNO. The number of benzene rings is 2. The Balaban J connectivity index is 2.25. The van der Waals surface area contributed by atoms with Gasteiger partial charge in [-0.15, -0.1) is 0 Å². The van der Waals surface area contributed by atoms with Gasteiger partial charge in [0.2, 0.25) is 0 Å². The summed E-state index contributed by atoms with van der Waals surface area (Å²) in [6, 6.07) is 12.6. The number of likely N-dealkylation sites (N-methyl/N-ethyl adjacent to an activating group) is 1. The molecule has 21 heavy (non-hydrogen) atoms. The molecule has 0 spiro atoms. The smallest absolute Gasteiger partial charge is 0.124 e. The van der Waals surface area contributed by atoms with E-state index in [0.29, 0.717) is 11.4 Å². The van der Waals surface area contributed by atoms with E-state index in [9.17, 15) is 4.39 Å². The van der Waals surface area contributed by atoms with E-state index in [1.807, 2.05) is 24.3 Å². The molecule has 1 N–H and O–H groups in total. The van der Waals surface area contributed by atoms with Crippen LogP contribution in [0.3, 0.4) is 0 Å². The number of hydrogen-bond acceptors (Lipinski definition) is 2. The van der Waals surface area contributed by atoms with Crippen LogP contribution in [-0.2, 0) is 6.42 Å². The van der Waals surface area contributed by atoms with Crippen LogP contribution in [0.2, 0.25) is 5.02 Å². The molecule has 2 nitrogen and oxygen atoms in total. The molecule has 0 aromatic heterocycles. The minimum atomic E-state index is -0.315. The highest BCUT2D eigenvalue weighted by Crippen LogP contribution is 2.26. The van der Waals surface area contributed by atoms with Crippen molar-refractivity contribution in [1.82, 2.24) is 5.32 Å². The maximum absolute atomic E-state index is 13.1. The highest BCUT2D eigenvalue weighted by molar-refractivity contribution is 6.31. The van der Waals surface area contributed by atoms with Gasteiger partial charge in [-0.3, -0.25) is 0 Å². The molecule has 1 atom stereocenters. The quantitative estimate of drug-likeness (QED) is 0.855. The third-order valence-corrected chi connectivity index (χ3v) is 3.74. The SMILES string of the molecule is CCNC(Cc1ccc(F)cc1Cl)c1cccc(OC)c1. The van der Waals surface area contributed by atoms with Crippen LogP contribution in [0.1, 0.15) is 24.1 Å². The average molecular weight is 308 g/mol. The van der Waals surface area contributed by atoms with Crippen molar-refractivity contribution < 1.29 is 9.13 Å². The van der Waals surface area contributed by atoms with E-state index in [4.69, 9.17) is 16.3 Å². The highest BCUT2D eigenvalue weighted by atomic mass is 35.5. The molecule has 0 fully saturated rings. The summed E-state index contributed by atoms with van der Waals surface area (Å²) in [5, 5.41) is 3.89. The molecule has 0 amide bonds. The number of nitrogens with one attached hydrogen (secondary N) is 1. The van der Waals surface area contributed by atoms with Gasteiger partial charge in [-0.1, -0.05) is 36.7 Å². The summed E-state index contributed by atoms with van der Waals surface area (Å²) in [6.07, 6.45) is 0.695. The van der Waals surface area contributed by atoms with Crippen LogP contribution in [0.4, 0.5) is 4.39 Å². The van der Waals surface area contributed by atoms with E-state index in [1.165, 1.54) is 12.1 Å². The Kier molecular flexibility index (Phi) is 5.59. The molecule has 2 aromatic rings. The fourth-order valence-electron chi connectivity index (χ4n) is 2.32. The minimum absolute atomic E-state index is 0.105. The largest absolute Gasteiger partial charge is 0.497 e. The van der Waals surface area contributed by atoms with Gasteiger partial charge < -0.3 is 10.1 Å². The molecule has 0 heterocycles. The standard InChI is InChI=1S/C17H19ClFNO/c1-3-20-17(13-5-4-6-15(9-13)21-2)10-12-7-8-14(19)11-16(12)18/h4-9,11,17,20H,3,10H2,1-2H3. The third-order valence-electron chi connectivity index (χ3n) is 3.39. The molecular weight excluding hydrogens is 289 g/mol. The Labute approximate surface area is 129 Å². The summed E-state index contributed by atoms with van der Waals surface area (Å²) < 4.78 is 18.4. The Hall–Kier alpha value is -1.58. The van der Waals surface area contributed by atoms with E-state index >= 15 is 0 Å². The van der Waals surface area contributed by atoms with Crippen LogP contribution in [0.5, 0.6) is 5.75 Å². The lowest BCUT2D eigenvalue weighted by atomic mass is 9.98. The fraction of sp³-hybridized carbons (Fsp3) is 0.294. The second-order valence-electron chi connectivity index (χ2n) is 4.83. The van der Waals surface area contributed by atoms with Crippen molar-refractivity contribution in [2.24, 2.45) is 0 Å². The molecule has 0 bridgehead atoms. The molecule has 0 saturated heterocycles. The van der Waals surface area contributed by atoms with E-state index < -0.39 is 0 Å². The zero-order valence-electron chi connectivity index (χ0n) is 12.2. The van der Waals surface area contributed by atoms with Gasteiger partial charge in [-0.25, -0.2) is 4.39 Å². The van der Waals surface area contributed by atoms with Crippen molar-refractivity contribution >= 4 is 11.6 Å². The zero-order chi connectivity index (χ0) is 15.2. The van der Waals surface area contributed by atoms with E-state index in [1.54, 1.807) is 13.2 Å². The molecule has 0 aliphatic carbocycles. The lowest BCUT2D eigenvalue weighted by Gasteiger charge is -2.20. The molecule has 0 aliphatic rings. The van der Waals surface area contributed by atoms with Crippen LogP contribution in [0, 0.1) is 5.82 Å². The van der Waals surface area contributed by atoms with Crippen molar-refractivity contribution in [3.05, 3.63) is 64.4 Å². The second-order valence-corrected chi connectivity index (χ2v) is 5.23. The molecule has 0 aliphatic heterocycles. The molecule has 2 aromatic carbocycles. The Bertz CT molecular complexity index is 603. The maximum atomic E-state index is 13.1. The first-order chi connectivity index (χ1) is 10.1. The molecule has 4 heteroatoms. The second kappa shape index (κ2) is 7.43. The summed E-state index contributed by atoms with van der Waals surface area (Å²) >= 11 is 6.13. The topological polar surface area (TPSA) is 21.3 Å². The van der Waals surface area contributed by atoms with Crippen LogP contribution in [0.25, 0.3) is 0 Å². The predicted octanol–water partition coefficient (Wildman–Crippen LogP) is 4.38. The van der Waals surface area contributed by atoms with Gasteiger partial charge in [0.05, 0.1) is 7.11 Å². The Morgan fingerprint density at radius 2 is 2.05 bits per heavy atom. The molecule has 0 saturated carbocycles. The van der Waals surface area contributed by atoms with Crippen molar-refractivity contribution in [1.29, 1.82) is 0 Å². The van der Waals surface area contributed by atoms with Crippen LogP contribution in [-0.4, -0.2) is 13.7 Å². The first-order valence-electron chi connectivity index (χ1n) is 6.95. The Morgan fingerprint density at radius 3 is 2.71 bits per heavy atom. The van der Waals surface area contributed by atoms with Gasteiger partial charge >= 0.3 is 0 Å². The van der Waals surface area contributed by atoms with Crippen LogP contribution >= 0.6 is 11.6 Å². The summed E-state index contributed by atoms with van der Waals surface area (Å²) in [6.45, 7) is 2.89. The van der Waals surface area contributed by atoms with Crippen molar-refractivity contribution in [2.75, 3.05) is 13.7 Å². The fourth-order valence-corrected chi connectivity index (χ4v) is 2.56. The number of rotatable bonds is 6. The van der Waals surface area contributed by atoms with E-state index in [-0.39, 0.29) is 11.9 Å². The lowest BCUT2D eigenvalue weighted by molar-refractivity contribution is 0.413. The number of hydrogen-bond donors (Lipinski definition) is 1. The van der Waals surface area contributed by atoms with Gasteiger partial charge in [0, 0.05) is 11.1 Å². The van der Waals surface area contributed by atoms with Crippen molar-refractivity contribution in [2.45, 2.75) is 19.4 Å². The van der Waals surface area contributed by atoms with Gasteiger partial charge in [0.15, 0.2) is 0 Å².